The van der Waals surface area contributed by atoms with E-state index in [2.05, 4.69) is 75.5 Å². The van der Waals surface area contributed by atoms with Crippen molar-refractivity contribution in [2.75, 3.05) is 13.2 Å². The Morgan fingerprint density at radius 1 is 0.296 bits per heavy atom. The third-order valence-corrected chi connectivity index (χ3v) is 13.5. The molecule has 0 saturated heterocycles. The van der Waals surface area contributed by atoms with Crippen molar-refractivity contribution in [2.45, 2.75) is 322 Å². The lowest BCUT2D eigenvalue weighted by atomic mass is 10.0. The van der Waals surface area contributed by atoms with Gasteiger partial charge in [-0.25, -0.2) is 0 Å². The predicted molar refractivity (Wildman–Crippen MR) is 307 cm³/mol. The fourth-order valence-corrected chi connectivity index (χ4v) is 8.92. The predicted octanol–water partition coefficient (Wildman–Crippen LogP) is 20.8. The van der Waals surface area contributed by atoms with Crippen molar-refractivity contribution in [3.8, 4) is 0 Å². The summed E-state index contributed by atoms with van der Waals surface area (Å²) >= 11 is 0. The summed E-state index contributed by atoms with van der Waals surface area (Å²) in [6, 6.07) is 0. The SMILES string of the molecule is CC/C=C\C/C=C\C/C=C\C/C=C\CCC(=O)OCC(COC(=O)CCCCCCCCCCCCCCC/C=C\CCCCCCCCCC)OC(=O)CCCCCCCCCCCCCCCCC. The highest BCUT2D eigenvalue weighted by Gasteiger charge is 2.19. The first kappa shape index (κ1) is 68.1. The third kappa shape index (κ3) is 57.9. The molecule has 1 unspecified atom stereocenters. The van der Waals surface area contributed by atoms with E-state index in [9.17, 15) is 14.4 Å². The number of allylic oxidation sites excluding steroid dienone is 10. The van der Waals surface area contributed by atoms with Gasteiger partial charge in [0.1, 0.15) is 13.2 Å². The first-order valence-electron chi connectivity index (χ1n) is 30.8. The minimum absolute atomic E-state index is 0.0929. The second kappa shape index (κ2) is 59.7. The van der Waals surface area contributed by atoms with E-state index in [1.165, 1.54) is 205 Å². The van der Waals surface area contributed by atoms with Gasteiger partial charge < -0.3 is 14.2 Å². The zero-order valence-corrected chi connectivity index (χ0v) is 47.2. The monoisotopic (exact) mass is 993 g/mol. The Balaban J connectivity index is 4.28. The minimum Gasteiger partial charge on any atom is -0.462 e. The van der Waals surface area contributed by atoms with Crippen LogP contribution in [0.25, 0.3) is 0 Å². The van der Waals surface area contributed by atoms with Gasteiger partial charge in [-0.15, -0.1) is 0 Å². The highest BCUT2D eigenvalue weighted by atomic mass is 16.6. The zero-order chi connectivity index (χ0) is 51.4. The molecule has 0 bridgehead atoms. The Hall–Kier alpha value is -2.89. The standard InChI is InChI=1S/C65H116O6/c1-4-7-10-13-16-19-22-25-27-28-29-30-31-32-33-34-35-36-38-40-43-46-49-52-55-58-64(67)70-61-62(60-69-63(66)57-54-51-48-45-42-39-24-21-18-15-12-9-6-3)71-65(68)59-56-53-50-47-44-41-37-26-23-20-17-14-11-8-5-2/h9,12,18,21,28-29,39,42,48,51,62H,4-8,10-11,13-17,19-20,22-27,30-38,40-41,43-47,49-50,52-61H2,1-3H3/b12-9-,21-18-,29-28-,42-39-,51-48-. The van der Waals surface area contributed by atoms with Crippen LogP contribution in [-0.2, 0) is 28.6 Å². The van der Waals surface area contributed by atoms with E-state index in [0.29, 0.717) is 19.3 Å². The first-order chi connectivity index (χ1) is 35.0. The van der Waals surface area contributed by atoms with Gasteiger partial charge in [0.05, 0.1) is 0 Å². The molecule has 0 aromatic heterocycles. The zero-order valence-electron chi connectivity index (χ0n) is 47.2. The van der Waals surface area contributed by atoms with Crippen molar-refractivity contribution >= 4 is 17.9 Å². The lowest BCUT2D eigenvalue weighted by molar-refractivity contribution is -0.166. The summed E-state index contributed by atoms with van der Waals surface area (Å²) in [7, 11) is 0. The molecule has 412 valence electrons. The lowest BCUT2D eigenvalue weighted by Crippen LogP contribution is -2.30. The van der Waals surface area contributed by atoms with Crippen molar-refractivity contribution in [2.24, 2.45) is 0 Å². The van der Waals surface area contributed by atoms with Crippen LogP contribution in [0.5, 0.6) is 0 Å². The van der Waals surface area contributed by atoms with E-state index in [4.69, 9.17) is 14.2 Å². The third-order valence-electron chi connectivity index (χ3n) is 13.5. The van der Waals surface area contributed by atoms with Gasteiger partial charge in [-0.1, -0.05) is 287 Å². The highest BCUT2D eigenvalue weighted by molar-refractivity contribution is 5.71. The average molecular weight is 994 g/mol. The Morgan fingerprint density at radius 3 is 0.944 bits per heavy atom. The number of unbranched alkanes of at least 4 members (excludes halogenated alkanes) is 35. The van der Waals surface area contributed by atoms with Gasteiger partial charge in [0.2, 0.25) is 0 Å². The van der Waals surface area contributed by atoms with E-state index >= 15 is 0 Å². The molecule has 0 aliphatic heterocycles. The molecule has 0 N–H and O–H groups in total. The fourth-order valence-electron chi connectivity index (χ4n) is 8.92. The maximum atomic E-state index is 12.9. The Labute approximate surface area is 440 Å². The van der Waals surface area contributed by atoms with E-state index in [1.54, 1.807) is 0 Å². The molecule has 0 aromatic rings. The van der Waals surface area contributed by atoms with Crippen molar-refractivity contribution in [3.63, 3.8) is 0 Å². The molecule has 6 nitrogen and oxygen atoms in total. The van der Waals surface area contributed by atoms with Crippen LogP contribution in [0.2, 0.25) is 0 Å². The van der Waals surface area contributed by atoms with Gasteiger partial charge in [0, 0.05) is 19.3 Å². The van der Waals surface area contributed by atoms with Crippen LogP contribution in [0, 0.1) is 0 Å². The largest absolute Gasteiger partial charge is 0.462 e. The van der Waals surface area contributed by atoms with Gasteiger partial charge in [0.25, 0.3) is 0 Å². The molecule has 0 rings (SSSR count). The Morgan fingerprint density at radius 2 is 0.577 bits per heavy atom. The Kier molecular flexibility index (Phi) is 57.2. The summed E-state index contributed by atoms with van der Waals surface area (Å²) < 4.78 is 16.8. The van der Waals surface area contributed by atoms with Crippen molar-refractivity contribution in [1.82, 2.24) is 0 Å². The van der Waals surface area contributed by atoms with Crippen LogP contribution in [0.3, 0.4) is 0 Å². The second-order valence-corrected chi connectivity index (χ2v) is 20.6. The lowest BCUT2D eigenvalue weighted by Gasteiger charge is -2.18. The maximum Gasteiger partial charge on any atom is 0.306 e. The van der Waals surface area contributed by atoms with Crippen LogP contribution in [0.1, 0.15) is 316 Å². The number of esters is 3. The molecule has 0 aliphatic carbocycles. The Bertz CT molecular complexity index is 1280. The molecule has 0 radical (unpaired) electrons. The molecular formula is C65H116O6. The molecule has 0 fully saturated rings. The van der Waals surface area contributed by atoms with Crippen LogP contribution in [-0.4, -0.2) is 37.2 Å². The van der Waals surface area contributed by atoms with Crippen LogP contribution >= 0.6 is 0 Å². The van der Waals surface area contributed by atoms with Crippen molar-refractivity contribution in [1.29, 1.82) is 0 Å². The summed E-state index contributed by atoms with van der Waals surface area (Å²) in [5.74, 6) is -0.963. The van der Waals surface area contributed by atoms with Crippen molar-refractivity contribution in [3.05, 3.63) is 60.8 Å². The average Bonchev–Trinajstić information content (AvgIpc) is 3.37. The van der Waals surface area contributed by atoms with Gasteiger partial charge in [-0.2, -0.15) is 0 Å². The summed E-state index contributed by atoms with van der Waals surface area (Å²) in [5.41, 5.74) is 0. The molecule has 1 atom stereocenters. The van der Waals surface area contributed by atoms with Gasteiger partial charge in [-0.3, -0.25) is 14.4 Å². The first-order valence-corrected chi connectivity index (χ1v) is 30.8. The smallest absolute Gasteiger partial charge is 0.306 e. The van der Waals surface area contributed by atoms with E-state index in [-0.39, 0.29) is 37.5 Å². The summed E-state index contributed by atoms with van der Waals surface area (Å²) in [5, 5.41) is 0. The van der Waals surface area contributed by atoms with Crippen LogP contribution in [0.15, 0.2) is 60.8 Å². The molecule has 0 aliphatic rings. The molecule has 0 heterocycles. The van der Waals surface area contributed by atoms with Gasteiger partial charge >= 0.3 is 17.9 Å². The topological polar surface area (TPSA) is 78.9 Å². The fraction of sp³-hybridized carbons (Fsp3) is 0.800. The summed E-state index contributed by atoms with van der Waals surface area (Å²) in [4.78, 5) is 38.1. The summed E-state index contributed by atoms with van der Waals surface area (Å²) in [6.07, 6.45) is 75.3. The van der Waals surface area contributed by atoms with E-state index < -0.39 is 6.10 Å². The number of ether oxygens (including phenoxy) is 3. The molecule has 0 aromatic carbocycles. The van der Waals surface area contributed by atoms with Gasteiger partial charge in [-0.05, 0) is 70.6 Å². The molecule has 0 spiro atoms. The molecular weight excluding hydrogens is 877 g/mol. The quantitative estimate of drug-likeness (QED) is 0.0261. The molecule has 6 heteroatoms. The highest BCUT2D eigenvalue weighted by Crippen LogP contribution is 2.17. The molecule has 0 saturated carbocycles. The number of rotatable bonds is 56. The normalized spacial score (nSPS) is 12.4. The molecule has 0 amide bonds. The number of carbonyl (C=O) groups is 3. The molecule has 71 heavy (non-hydrogen) atoms. The summed E-state index contributed by atoms with van der Waals surface area (Å²) in [6.45, 7) is 6.50. The van der Waals surface area contributed by atoms with Gasteiger partial charge in [0.15, 0.2) is 6.10 Å². The van der Waals surface area contributed by atoms with E-state index in [1.807, 2.05) is 6.08 Å². The van der Waals surface area contributed by atoms with Crippen LogP contribution in [0.4, 0.5) is 0 Å². The number of hydrogen-bond donors (Lipinski definition) is 0. The van der Waals surface area contributed by atoms with E-state index in [0.717, 1.165) is 64.2 Å². The number of carbonyl (C=O) groups excluding carboxylic acids is 3. The van der Waals surface area contributed by atoms with Crippen LogP contribution < -0.4 is 0 Å². The number of hydrogen-bond acceptors (Lipinski definition) is 6. The second-order valence-electron chi connectivity index (χ2n) is 20.6. The van der Waals surface area contributed by atoms with Crippen molar-refractivity contribution < 1.29 is 28.6 Å². The maximum absolute atomic E-state index is 12.9. The minimum atomic E-state index is -0.800.